The average molecular weight is 800 g/mol. The fraction of sp³-hybridized carbons (Fsp3) is 0.688. The van der Waals surface area contributed by atoms with E-state index in [4.69, 9.17) is 18.9 Å². The highest BCUT2D eigenvalue weighted by atomic mass is 16.7. The van der Waals surface area contributed by atoms with Crippen molar-refractivity contribution < 1.29 is 42.9 Å². The number of carbonyl (C=O) groups excluding carboxylic acids is 3. The fourth-order valence-corrected chi connectivity index (χ4v) is 5.48. The van der Waals surface area contributed by atoms with E-state index >= 15 is 0 Å². The van der Waals surface area contributed by atoms with E-state index in [0.717, 1.165) is 109 Å². The predicted molar refractivity (Wildman–Crippen MR) is 232 cm³/mol. The van der Waals surface area contributed by atoms with Gasteiger partial charge in [0.1, 0.15) is 13.2 Å². The first kappa shape index (κ1) is 53.7. The lowest BCUT2D eigenvalue weighted by atomic mass is 10.1. The minimum absolute atomic E-state index is 0.138. The molecule has 0 bridgehead atoms. The smallest absolute Gasteiger partial charge is 0.306 e. The van der Waals surface area contributed by atoms with Crippen LogP contribution in [0.1, 0.15) is 155 Å². The van der Waals surface area contributed by atoms with Crippen LogP contribution >= 0.6 is 0 Å². The van der Waals surface area contributed by atoms with Gasteiger partial charge in [-0.15, -0.1) is 0 Å². The number of carboxylic acid groups (broad SMARTS) is 1. The van der Waals surface area contributed by atoms with Gasteiger partial charge in [0.2, 0.25) is 0 Å². The number of hydrogen-bond donors (Lipinski definition) is 0. The summed E-state index contributed by atoms with van der Waals surface area (Å²) in [6.45, 7) is 4.52. The standard InChI is InChI=1S/C48H81NO8/c1-6-8-10-12-14-16-18-19-20-21-22-23-24-25-26-27-29-31-33-35-37-39-46(51)57-44(43-56-48(47(52)53)54-41-40-49(3,4)5)42-55-45(50)38-36-34-32-30-28-17-15-13-11-9-7-2/h8,10,13-16,19-20,22-23,25-26,44,48H,6-7,9,11-12,17-18,21,24,27-43H2,1-5H3/b10-8-,15-13-,16-14-,20-19-,23-22-,26-25-. The molecular weight excluding hydrogens is 719 g/mol. The van der Waals surface area contributed by atoms with E-state index in [9.17, 15) is 19.5 Å². The van der Waals surface area contributed by atoms with Gasteiger partial charge < -0.3 is 33.3 Å². The van der Waals surface area contributed by atoms with Crippen LogP contribution in [-0.2, 0) is 33.3 Å². The van der Waals surface area contributed by atoms with Crippen molar-refractivity contribution >= 4 is 17.9 Å². The largest absolute Gasteiger partial charge is 0.545 e. The summed E-state index contributed by atoms with van der Waals surface area (Å²) >= 11 is 0. The molecule has 57 heavy (non-hydrogen) atoms. The molecule has 2 unspecified atom stereocenters. The van der Waals surface area contributed by atoms with Crippen molar-refractivity contribution in [2.24, 2.45) is 0 Å². The van der Waals surface area contributed by atoms with Crippen LogP contribution in [-0.4, -0.2) is 82.3 Å². The van der Waals surface area contributed by atoms with Crippen molar-refractivity contribution in [3.63, 3.8) is 0 Å². The number of rotatable bonds is 39. The molecule has 0 amide bonds. The molecule has 2 atom stereocenters. The first-order valence-electron chi connectivity index (χ1n) is 22.1. The summed E-state index contributed by atoms with van der Waals surface area (Å²) in [6.07, 6.45) is 45.0. The van der Waals surface area contributed by atoms with E-state index in [-0.39, 0.29) is 38.6 Å². The third-order valence-electron chi connectivity index (χ3n) is 8.94. The van der Waals surface area contributed by atoms with Gasteiger partial charge in [0, 0.05) is 12.8 Å². The van der Waals surface area contributed by atoms with Crippen molar-refractivity contribution in [1.29, 1.82) is 0 Å². The van der Waals surface area contributed by atoms with Gasteiger partial charge in [0.15, 0.2) is 12.4 Å². The lowest BCUT2D eigenvalue weighted by molar-refractivity contribution is -0.870. The Morgan fingerprint density at radius 1 is 0.544 bits per heavy atom. The third-order valence-corrected chi connectivity index (χ3v) is 8.94. The molecule has 0 fully saturated rings. The van der Waals surface area contributed by atoms with Gasteiger partial charge >= 0.3 is 11.9 Å². The Bertz CT molecular complexity index is 1160. The highest BCUT2D eigenvalue weighted by Gasteiger charge is 2.21. The second kappa shape index (κ2) is 39.6. The Hall–Kier alpha value is -3.27. The van der Waals surface area contributed by atoms with Crippen LogP contribution in [0.15, 0.2) is 72.9 Å². The van der Waals surface area contributed by atoms with Crippen molar-refractivity contribution in [1.82, 2.24) is 0 Å². The molecule has 0 spiro atoms. The number of allylic oxidation sites excluding steroid dienone is 12. The minimum Gasteiger partial charge on any atom is -0.545 e. The quantitative estimate of drug-likeness (QED) is 0.0199. The molecular formula is C48H81NO8. The number of likely N-dealkylation sites (N-methyl/N-ethyl adjacent to an activating group) is 1. The van der Waals surface area contributed by atoms with Crippen LogP contribution in [0.25, 0.3) is 0 Å². The summed E-state index contributed by atoms with van der Waals surface area (Å²) in [4.78, 5) is 36.9. The van der Waals surface area contributed by atoms with E-state index in [0.29, 0.717) is 17.4 Å². The number of carboxylic acids is 1. The molecule has 0 N–H and O–H groups in total. The highest BCUT2D eigenvalue weighted by molar-refractivity contribution is 5.70. The summed E-state index contributed by atoms with van der Waals surface area (Å²) < 4.78 is 22.5. The number of carbonyl (C=O) groups is 3. The molecule has 0 aliphatic carbocycles. The molecule has 0 rings (SSSR count). The van der Waals surface area contributed by atoms with Gasteiger partial charge in [0.05, 0.1) is 40.3 Å². The van der Waals surface area contributed by atoms with Crippen molar-refractivity contribution in [2.75, 3.05) is 47.5 Å². The normalized spacial score (nSPS) is 13.6. The number of esters is 2. The first-order chi connectivity index (χ1) is 27.6. The monoisotopic (exact) mass is 800 g/mol. The zero-order valence-electron chi connectivity index (χ0n) is 36.7. The average Bonchev–Trinajstić information content (AvgIpc) is 3.17. The first-order valence-corrected chi connectivity index (χ1v) is 22.1. The molecule has 0 aliphatic heterocycles. The van der Waals surface area contributed by atoms with Gasteiger partial charge in [-0.2, -0.15) is 0 Å². The van der Waals surface area contributed by atoms with E-state index in [1.807, 2.05) is 21.1 Å². The highest BCUT2D eigenvalue weighted by Crippen LogP contribution is 2.12. The maximum Gasteiger partial charge on any atom is 0.306 e. The summed E-state index contributed by atoms with van der Waals surface area (Å²) in [7, 11) is 5.89. The number of quaternary nitrogens is 1. The number of ether oxygens (including phenoxy) is 4. The zero-order chi connectivity index (χ0) is 42.1. The Kier molecular flexibility index (Phi) is 37.3. The second-order valence-electron chi connectivity index (χ2n) is 15.6. The topological polar surface area (TPSA) is 111 Å². The summed E-state index contributed by atoms with van der Waals surface area (Å²) in [6, 6.07) is 0. The number of aliphatic carboxylic acids is 1. The fourth-order valence-electron chi connectivity index (χ4n) is 5.48. The molecule has 326 valence electrons. The van der Waals surface area contributed by atoms with Crippen molar-refractivity contribution in [3.8, 4) is 0 Å². The Labute approximate surface area is 347 Å². The third kappa shape index (κ3) is 40.7. The van der Waals surface area contributed by atoms with Crippen LogP contribution in [0.3, 0.4) is 0 Å². The SMILES string of the molecule is CC/C=C\C/C=C\C/C=C\C/C=C\C/C=C\CCCCCCCC(=O)OC(COC(=O)CCCCCCC/C=C\CCCC)COC(OCC[N+](C)(C)C)C(=O)[O-]. The summed E-state index contributed by atoms with van der Waals surface area (Å²) in [5.74, 6) is -2.34. The lowest BCUT2D eigenvalue weighted by Crippen LogP contribution is -2.44. The summed E-state index contributed by atoms with van der Waals surface area (Å²) in [5.41, 5.74) is 0. The molecule has 0 radical (unpaired) electrons. The van der Waals surface area contributed by atoms with Crippen LogP contribution in [0.4, 0.5) is 0 Å². The minimum atomic E-state index is -1.63. The van der Waals surface area contributed by atoms with Crippen LogP contribution < -0.4 is 5.11 Å². The molecule has 0 heterocycles. The molecule has 0 saturated carbocycles. The second-order valence-corrected chi connectivity index (χ2v) is 15.6. The predicted octanol–water partition coefficient (Wildman–Crippen LogP) is 10.2. The van der Waals surface area contributed by atoms with Gasteiger partial charge in [-0.25, -0.2) is 0 Å². The number of nitrogens with zero attached hydrogens (tertiary/aromatic N) is 1. The Balaban J connectivity index is 4.48. The molecule has 0 aromatic carbocycles. The molecule has 9 heteroatoms. The van der Waals surface area contributed by atoms with Crippen LogP contribution in [0.2, 0.25) is 0 Å². The van der Waals surface area contributed by atoms with Crippen molar-refractivity contribution in [3.05, 3.63) is 72.9 Å². The molecule has 0 aromatic rings. The molecule has 0 saturated heterocycles. The van der Waals surface area contributed by atoms with Gasteiger partial charge in [-0.1, -0.05) is 138 Å². The molecule has 9 nitrogen and oxygen atoms in total. The maximum atomic E-state index is 12.7. The summed E-state index contributed by atoms with van der Waals surface area (Å²) in [5, 5.41) is 11.7. The lowest BCUT2D eigenvalue weighted by Gasteiger charge is -2.26. The zero-order valence-corrected chi connectivity index (χ0v) is 36.7. The molecule has 0 aliphatic rings. The van der Waals surface area contributed by atoms with E-state index < -0.39 is 24.3 Å². The van der Waals surface area contributed by atoms with Gasteiger partial charge in [-0.3, -0.25) is 9.59 Å². The Morgan fingerprint density at radius 3 is 1.51 bits per heavy atom. The van der Waals surface area contributed by atoms with E-state index in [2.05, 4.69) is 86.8 Å². The van der Waals surface area contributed by atoms with Gasteiger partial charge in [0.25, 0.3) is 0 Å². The Morgan fingerprint density at radius 2 is 1.00 bits per heavy atom. The number of unbranched alkanes of at least 4 members (excludes halogenated alkanes) is 12. The van der Waals surface area contributed by atoms with E-state index in [1.54, 1.807) is 0 Å². The molecule has 0 aromatic heterocycles. The van der Waals surface area contributed by atoms with Crippen LogP contribution in [0.5, 0.6) is 0 Å². The maximum absolute atomic E-state index is 12.7. The van der Waals surface area contributed by atoms with Crippen LogP contribution in [0, 0.1) is 0 Å². The van der Waals surface area contributed by atoms with Gasteiger partial charge in [-0.05, 0) is 77.0 Å². The van der Waals surface area contributed by atoms with E-state index in [1.165, 1.54) is 12.8 Å². The number of hydrogen-bond acceptors (Lipinski definition) is 8. The van der Waals surface area contributed by atoms with Crippen molar-refractivity contribution in [2.45, 2.75) is 167 Å².